The molecule has 0 unspecified atom stereocenters. The van der Waals surface area contributed by atoms with Gasteiger partial charge < -0.3 is 19.8 Å². The lowest BCUT2D eigenvalue weighted by atomic mass is 9.98. The fourth-order valence-corrected chi connectivity index (χ4v) is 5.62. The summed E-state index contributed by atoms with van der Waals surface area (Å²) < 4.78 is 6.59. The van der Waals surface area contributed by atoms with E-state index in [1.165, 1.54) is 0 Å². The molecule has 0 spiro atoms. The number of rotatable bonds is 6. The molecule has 1 aliphatic carbocycles. The van der Waals surface area contributed by atoms with Crippen LogP contribution >= 0.6 is 15.9 Å². The minimum absolute atomic E-state index is 0.0154. The second-order valence-electron chi connectivity index (χ2n) is 9.25. The number of hydrogen-bond donors (Lipinski definition) is 2. The van der Waals surface area contributed by atoms with Gasteiger partial charge in [-0.1, -0.05) is 41.9 Å². The van der Waals surface area contributed by atoms with Gasteiger partial charge >= 0.3 is 6.09 Å². The van der Waals surface area contributed by atoms with Gasteiger partial charge in [0.1, 0.15) is 18.8 Å². The van der Waals surface area contributed by atoms with Crippen LogP contribution in [0, 0.1) is 11.8 Å². The highest BCUT2D eigenvalue weighted by atomic mass is 79.9. The molecule has 1 aliphatic heterocycles. The van der Waals surface area contributed by atoms with Gasteiger partial charge in [0.2, 0.25) is 0 Å². The molecule has 8 heteroatoms. The molecule has 168 valence electrons. The average Bonchev–Trinajstić information content (AvgIpc) is 3.49. The van der Waals surface area contributed by atoms with Crippen LogP contribution in [0.25, 0.3) is 21.8 Å². The number of hydrogen-bond acceptors (Lipinski definition) is 5. The van der Waals surface area contributed by atoms with Gasteiger partial charge in [-0.05, 0) is 54.7 Å². The molecule has 2 aromatic carbocycles. The van der Waals surface area contributed by atoms with Crippen molar-refractivity contribution in [2.75, 3.05) is 6.73 Å². The minimum atomic E-state index is -0.557. The highest BCUT2D eigenvalue weighted by Crippen LogP contribution is 2.49. The summed E-state index contributed by atoms with van der Waals surface area (Å²) in [6.45, 7) is 3.96. The molecule has 3 aromatic rings. The molecule has 1 saturated carbocycles. The first-order valence-corrected chi connectivity index (χ1v) is 12.0. The number of carbonyl (C=O) groups excluding carboxylic acids is 2. The van der Waals surface area contributed by atoms with Crippen LogP contribution in [0.15, 0.2) is 34.8 Å². The van der Waals surface area contributed by atoms with Crippen molar-refractivity contribution >= 4 is 50.1 Å². The summed E-state index contributed by atoms with van der Waals surface area (Å²) in [4.78, 5) is 34.3. The fourth-order valence-electron chi connectivity index (χ4n) is 5.24. The zero-order valence-electron chi connectivity index (χ0n) is 18.2. The zero-order chi connectivity index (χ0) is 22.4. The van der Waals surface area contributed by atoms with Gasteiger partial charge in [0, 0.05) is 15.9 Å². The first-order chi connectivity index (χ1) is 15.4. The number of imidazole rings is 1. The molecule has 1 amide bonds. The number of likely N-dealkylation sites (tertiary alicyclic amines) is 1. The van der Waals surface area contributed by atoms with Gasteiger partial charge in [-0.25, -0.2) is 9.78 Å². The standard InChI is InChI=1S/C24H27BrN4O3/c1-13(2)20(11-30)27-24(31)32-12-29-17-6-3-15(10-17)22(29)23-26-19-8-4-14-9-16(25)5-7-18(14)21(19)28-23/h4-5,7-9,11,13,15,17,20,22H,3,6,10,12H2,1-2H3,(H,26,28)(H,27,31)/t15-,17+,20+,22-/m0/s1. The monoisotopic (exact) mass is 498 g/mol. The molecule has 0 radical (unpaired) electrons. The molecule has 2 heterocycles. The molecule has 7 nitrogen and oxygen atoms in total. The number of alkyl carbamates (subject to hydrolysis) is 1. The van der Waals surface area contributed by atoms with Crippen LogP contribution in [0.4, 0.5) is 4.79 Å². The minimum Gasteiger partial charge on any atom is -0.433 e. The van der Waals surface area contributed by atoms with E-state index in [9.17, 15) is 9.59 Å². The van der Waals surface area contributed by atoms with E-state index in [2.05, 4.69) is 55.4 Å². The molecular formula is C24H27BrN4O3. The molecule has 4 atom stereocenters. The number of aromatic amines is 1. The molecule has 2 N–H and O–H groups in total. The summed E-state index contributed by atoms with van der Waals surface area (Å²) >= 11 is 3.54. The maximum atomic E-state index is 12.3. The van der Waals surface area contributed by atoms with Gasteiger partial charge in [-0.2, -0.15) is 0 Å². The van der Waals surface area contributed by atoms with Crippen LogP contribution in [0.1, 0.15) is 45.0 Å². The maximum absolute atomic E-state index is 12.3. The Kier molecular flexibility index (Phi) is 5.67. The number of piperidine rings is 1. The molecule has 2 bridgehead atoms. The van der Waals surface area contributed by atoms with Gasteiger partial charge in [-0.15, -0.1) is 0 Å². The third-order valence-electron chi connectivity index (χ3n) is 6.94. The van der Waals surface area contributed by atoms with Crippen LogP contribution in [0.5, 0.6) is 0 Å². The number of nitrogens with zero attached hydrogens (tertiary/aromatic N) is 2. The van der Waals surface area contributed by atoms with Gasteiger partial charge in [-0.3, -0.25) is 4.90 Å². The predicted octanol–water partition coefficient (Wildman–Crippen LogP) is 4.91. The fraction of sp³-hybridized carbons (Fsp3) is 0.458. The lowest BCUT2D eigenvalue weighted by molar-refractivity contribution is -0.110. The van der Waals surface area contributed by atoms with Gasteiger partial charge in [0.15, 0.2) is 0 Å². The van der Waals surface area contributed by atoms with Crippen LogP contribution in [0.3, 0.4) is 0 Å². The SMILES string of the molecule is CC(C)[C@@H](C=O)NC(=O)OCN1[C@@H]2CC[C@@H](C2)[C@H]1c1nc2c(ccc3cc(Br)ccc32)[nH]1. The average molecular weight is 499 g/mol. The number of fused-ring (bicyclic) bond motifs is 5. The van der Waals surface area contributed by atoms with Crippen molar-refractivity contribution in [2.45, 2.75) is 51.2 Å². The zero-order valence-corrected chi connectivity index (χ0v) is 19.8. The normalized spacial score (nSPS) is 23.8. The van der Waals surface area contributed by atoms with Crippen LogP contribution in [-0.4, -0.2) is 46.1 Å². The quantitative estimate of drug-likeness (QED) is 0.471. The number of nitrogens with one attached hydrogen (secondary N) is 2. The Bertz CT molecular complexity index is 1180. The van der Waals surface area contributed by atoms with Crippen molar-refractivity contribution in [3.8, 4) is 0 Å². The van der Waals surface area contributed by atoms with E-state index in [4.69, 9.17) is 9.72 Å². The predicted molar refractivity (Wildman–Crippen MR) is 126 cm³/mol. The largest absolute Gasteiger partial charge is 0.433 e. The summed E-state index contributed by atoms with van der Waals surface area (Å²) in [7, 11) is 0. The Labute approximate surface area is 195 Å². The van der Waals surface area contributed by atoms with E-state index in [0.29, 0.717) is 12.0 Å². The number of benzene rings is 2. The molecular weight excluding hydrogens is 472 g/mol. The first-order valence-electron chi connectivity index (χ1n) is 11.2. The van der Waals surface area contributed by atoms with Crippen molar-refractivity contribution in [1.82, 2.24) is 20.2 Å². The molecule has 1 saturated heterocycles. The van der Waals surface area contributed by atoms with Crippen molar-refractivity contribution in [1.29, 1.82) is 0 Å². The van der Waals surface area contributed by atoms with E-state index in [1.807, 2.05) is 19.9 Å². The lowest BCUT2D eigenvalue weighted by Crippen LogP contribution is -2.43. The number of aldehydes is 1. The summed E-state index contributed by atoms with van der Waals surface area (Å²) in [6, 6.07) is 10.3. The molecule has 2 aliphatic rings. The van der Waals surface area contributed by atoms with Gasteiger partial charge in [0.05, 0.1) is 23.1 Å². The van der Waals surface area contributed by atoms with E-state index in [0.717, 1.165) is 57.7 Å². The smallest absolute Gasteiger partial charge is 0.409 e. The number of ether oxygens (including phenoxy) is 1. The molecule has 2 fully saturated rings. The van der Waals surface area contributed by atoms with Gasteiger partial charge in [0.25, 0.3) is 0 Å². The number of H-pyrrole nitrogens is 1. The molecule has 32 heavy (non-hydrogen) atoms. The van der Waals surface area contributed by atoms with Crippen molar-refractivity contribution < 1.29 is 14.3 Å². The van der Waals surface area contributed by atoms with Crippen LogP contribution in [0.2, 0.25) is 0 Å². The van der Waals surface area contributed by atoms with E-state index in [-0.39, 0.29) is 18.7 Å². The summed E-state index contributed by atoms with van der Waals surface area (Å²) in [5.74, 6) is 1.44. The van der Waals surface area contributed by atoms with Crippen molar-refractivity contribution in [3.05, 3.63) is 40.6 Å². The Morgan fingerprint density at radius 3 is 2.97 bits per heavy atom. The summed E-state index contributed by atoms with van der Waals surface area (Å²) in [5.41, 5.74) is 1.99. The highest BCUT2D eigenvalue weighted by Gasteiger charge is 2.48. The second-order valence-corrected chi connectivity index (χ2v) is 10.2. The first kappa shape index (κ1) is 21.4. The maximum Gasteiger partial charge on any atom is 0.409 e. The Morgan fingerprint density at radius 1 is 1.34 bits per heavy atom. The van der Waals surface area contributed by atoms with Crippen LogP contribution in [-0.2, 0) is 9.53 Å². The Balaban J connectivity index is 1.38. The van der Waals surface area contributed by atoms with E-state index in [1.54, 1.807) is 0 Å². The topological polar surface area (TPSA) is 87.3 Å². The second kappa shape index (κ2) is 8.48. The third kappa shape index (κ3) is 3.79. The lowest BCUT2D eigenvalue weighted by Gasteiger charge is -2.33. The summed E-state index contributed by atoms with van der Waals surface area (Å²) in [5, 5.41) is 4.91. The molecule has 5 rings (SSSR count). The molecule has 1 aromatic heterocycles. The number of aromatic nitrogens is 2. The third-order valence-corrected chi connectivity index (χ3v) is 7.43. The van der Waals surface area contributed by atoms with E-state index < -0.39 is 12.1 Å². The highest BCUT2D eigenvalue weighted by molar-refractivity contribution is 9.10. The Hall–Kier alpha value is -2.45. The number of carbonyl (C=O) groups is 2. The number of halogens is 1. The summed E-state index contributed by atoms with van der Waals surface area (Å²) in [6.07, 6.45) is 3.54. The van der Waals surface area contributed by atoms with Crippen molar-refractivity contribution in [2.24, 2.45) is 11.8 Å². The number of amides is 1. The van der Waals surface area contributed by atoms with Crippen molar-refractivity contribution in [3.63, 3.8) is 0 Å². The van der Waals surface area contributed by atoms with E-state index >= 15 is 0 Å². The Morgan fingerprint density at radius 2 is 2.19 bits per heavy atom. The van der Waals surface area contributed by atoms with Crippen LogP contribution < -0.4 is 5.32 Å².